The number of hydrogen-bond donors (Lipinski definition) is 3. The van der Waals surface area contributed by atoms with Gasteiger partial charge in [0.05, 0.1) is 0 Å². The van der Waals surface area contributed by atoms with Crippen LogP contribution in [0.4, 0.5) is 0 Å². The van der Waals surface area contributed by atoms with Crippen LogP contribution in [0.1, 0.15) is 23.2 Å². The van der Waals surface area contributed by atoms with Crippen molar-refractivity contribution in [3.63, 3.8) is 0 Å². The van der Waals surface area contributed by atoms with E-state index in [0.717, 1.165) is 0 Å². The number of hydrogen-bond acceptors (Lipinski definition) is 3. The molecule has 0 aliphatic rings. The summed E-state index contributed by atoms with van der Waals surface area (Å²) in [5, 5.41) is 11.7. The Kier molecular flexibility index (Phi) is 6.88. The van der Waals surface area contributed by atoms with Crippen LogP contribution in [-0.2, 0) is 4.79 Å². The highest BCUT2D eigenvalue weighted by Crippen LogP contribution is 2.03. The van der Waals surface area contributed by atoms with Gasteiger partial charge in [0.15, 0.2) is 5.96 Å². The van der Waals surface area contributed by atoms with Crippen molar-refractivity contribution in [2.45, 2.75) is 18.9 Å². The van der Waals surface area contributed by atoms with E-state index < -0.39 is 17.9 Å². The van der Waals surface area contributed by atoms with E-state index in [9.17, 15) is 14.7 Å². The largest absolute Gasteiger partial charge is 0.480 e. The Labute approximate surface area is 129 Å². The summed E-state index contributed by atoms with van der Waals surface area (Å²) in [4.78, 5) is 29.0. The molecule has 0 spiro atoms. The van der Waals surface area contributed by atoms with Crippen LogP contribution in [0, 0.1) is 0 Å². The number of carboxylic acid groups (broad SMARTS) is 1. The Morgan fingerprint density at radius 1 is 1.32 bits per heavy atom. The molecule has 7 heteroatoms. The van der Waals surface area contributed by atoms with Crippen molar-refractivity contribution in [3.8, 4) is 0 Å². The molecule has 1 atom stereocenters. The summed E-state index contributed by atoms with van der Waals surface area (Å²) in [6.07, 6.45) is 0.804. The highest BCUT2D eigenvalue weighted by atomic mass is 16.4. The average molecular weight is 306 g/mol. The summed E-state index contributed by atoms with van der Waals surface area (Å²) in [5.74, 6) is -1.07. The van der Waals surface area contributed by atoms with E-state index in [1.807, 2.05) is 0 Å². The minimum atomic E-state index is -1.06. The van der Waals surface area contributed by atoms with E-state index in [2.05, 4.69) is 10.3 Å². The smallest absolute Gasteiger partial charge is 0.326 e. The molecule has 0 saturated heterocycles. The molecule has 0 aliphatic heterocycles. The van der Waals surface area contributed by atoms with Crippen molar-refractivity contribution in [2.75, 3.05) is 20.6 Å². The van der Waals surface area contributed by atoms with Gasteiger partial charge in [0.1, 0.15) is 6.04 Å². The van der Waals surface area contributed by atoms with Crippen LogP contribution in [0.3, 0.4) is 0 Å². The minimum absolute atomic E-state index is 0.290. The van der Waals surface area contributed by atoms with Crippen LogP contribution < -0.4 is 11.1 Å². The molecule has 22 heavy (non-hydrogen) atoms. The molecule has 0 unspecified atom stereocenters. The number of guanidine groups is 1. The Morgan fingerprint density at radius 2 is 1.95 bits per heavy atom. The molecule has 1 aromatic carbocycles. The first kappa shape index (κ1) is 17.5. The van der Waals surface area contributed by atoms with Crippen LogP contribution in [-0.4, -0.2) is 54.5 Å². The minimum Gasteiger partial charge on any atom is -0.480 e. The SMILES string of the molecule is CN(C)C(N)=NCCC[C@H](NC(=O)c1ccccc1)C(=O)O. The predicted molar refractivity (Wildman–Crippen MR) is 84.7 cm³/mol. The van der Waals surface area contributed by atoms with Crippen LogP contribution in [0.15, 0.2) is 35.3 Å². The van der Waals surface area contributed by atoms with Crippen molar-refractivity contribution < 1.29 is 14.7 Å². The lowest BCUT2D eigenvalue weighted by atomic mass is 10.1. The number of aliphatic carboxylic acids is 1. The molecule has 0 fully saturated rings. The summed E-state index contributed by atoms with van der Waals surface area (Å²) in [6.45, 7) is 0.412. The standard InChI is InChI=1S/C15H22N4O3/c1-19(2)15(16)17-10-6-9-12(14(21)22)18-13(20)11-7-4-3-5-8-11/h3-5,7-8,12H,6,9-10H2,1-2H3,(H2,16,17)(H,18,20)(H,21,22)/t12-/m0/s1. The fraction of sp³-hybridized carbons (Fsp3) is 0.400. The zero-order valence-corrected chi connectivity index (χ0v) is 12.8. The van der Waals surface area contributed by atoms with Gasteiger partial charge < -0.3 is 21.1 Å². The second-order valence-electron chi connectivity index (χ2n) is 5.01. The van der Waals surface area contributed by atoms with E-state index in [4.69, 9.17) is 5.73 Å². The number of nitrogens with two attached hydrogens (primary N) is 1. The second-order valence-corrected chi connectivity index (χ2v) is 5.01. The number of amides is 1. The number of benzene rings is 1. The summed E-state index contributed by atoms with van der Waals surface area (Å²) in [6, 6.07) is 7.57. The Hall–Kier alpha value is -2.57. The summed E-state index contributed by atoms with van der Waals surface area (Å²) in [5.41, 5.74) is 6.07. The number of carboxylic acids is 1. The molecular weight excluding hydrogens is 284 g/mol. The van der Waals surface area contributed by atoms with E-state index in [-0.39, 0.29) is 6.42 Å². The van der Waals surface area contributed by atoms with Crippen LogP contribution in [0.2, 0.25) is 0 Å². The molecular formula is C15H22N4O3. The van der Waals surface area contributed by atoms with Crippen LogP contribution in [0.25, 0.3) is 0 Å². The molecule has 0 aromatic heterocycles. The molecule has 1 rings (SSSR count). The molecule has 4 N–H and O–H groups in total. The van der Waals surface area contributed by atoms with Gasteiger partial charge in [-0.3, -0.25) is 9.79 Å². The fourth-order valence-corrected chi connectivity index (χ4v) is 1.72. The monoisotopic (exact) mass is 306 g/mol. The quantitative estimate of drug-likeness (QED) is 0.387. The number of nitrogens with one attached hydrogen (secondary N) is 1. The summed E-state index contributed by atoms with van der Waals surface area (Å²) < 4.78 is 0. The maximum atomic E-state index is 12.0. The van der Waals surface area contributed by atoms with Crippen LogP contribution in [0.5, 0.6) is 0 Å². The Bertz CT molecular complexity index is 529. The molecule has 0 bridgehead atoms. The van der Waals surface area contributed by atoms with Crippen molar-refractivity contribution in [3.05, 3.63) is 35.9 Å². The lowest BCUT2D eigenvalue weighted by molar-refractivity contribution is -0.139. The first-order chi connectivity index (χ1) is 10.4. The second kappa shape index (κ2) is 8.66. The molecule has 7 nitrogen and oxygen atoms in total. The predicted octanol–water partition coefficient (Wildman–Crippen LogP) is 0.526. The van der Waals surface area contributed by atoms with Crippen molar-refractivity contribution in [2.24, 2.45) is 10.7 Å². The topological polar surface area (TPSA) is 108 Å². The number of carbonyl (C=O) groups is 2. The highest BCUT2D eigenvalue weighted by molar-refractivity contribution is 5.96. The Balaban J connectivity index is 2.51. The van der Waals surface area contributed by atoms with Gasteiger partial charge >= 0.3 is 5.97 Å². The molecule has 0 radical (unpaired) electrons. The van der Waals surface area contributed by atoms with E-state index in [0.29, 0.717) is 24.5 Å². The number of nitrogens with zero attached hydrogens (tertiary/aromatic N) is 2. The highest BCUT2D eigenvalue weighted by Gasteiger charge is 2.19. The molecule has 1 amide bonds. The van der Waals surface area contributed by atoms with Gasteiger partial charge in [-0.25, -0.2) is 4.79 Å². The van der Waals surface area contributed by atoms with Gasteiger partial charge in [0.2, 0.25) is 0 Å². The first-order valence-electron chi connectivity index (χ1n) is 6.97. The van der Waals surface area contributed by atoms with Crippen LogP contribution >= 0.6 is 0 Å². The number of aliphatic imine (C=N–C) groups is 1. The maximum absolute atomic E-state index is 12.0. The van der Waals surface area contributed by atoms with Gasteiger partial charge in [0.25, 0.3) is 5.91 Å². The molecule has 0 heterocycles. The molecule has 120 valence electrons. The lowest BCUT2D eigenvalue weighted by Crippen LogP contribution is -2.40. The number of rotatable bonds is 7. The van der Waals surface area contributed by atoms with Crippen molar-refractivity contribution >= 4 is 17.8 Å². The molecule has 0 saturated carbocycles. The van der Waals surface area contributed by atoms with Gasteiger partial charge in [-0.05, 0) is 25.0 Å². The van der Waals surface area contributed by atoms with E-state index >= 15 is 0 Å². The zero-order chi connectivity index (χ0) is 16.5. The third-order valence-electron chi connectivity index (χ3n) is 3.02. The van der Waals surface area contributed by atoms with E-state index in [1.165, 1.54) is 0 Å². The maximum Gasteiger partial charge on any atom is 0.326 e. The molecule has 0 aliphatic carbocycles. The van der Waals surface area contributed by atoms with Gasteiger partial charge in [-0.15, -0.1) is 0 Å². The van der Waals surface area contributed by atoms with E-state index in [1.54, 1.807) is 49.3 Å². The van der Waals surface area contributed by atoms with Gasteiger partial charge in [-0.2, -0.15) is 0 Å². The Morgan fingerprint density at radius 3 is 2.50 bits per heavy atom. The third-order valence-corrected chi connectivity index (χ3v) is 3.02. The van der Waals surface area contributed by atoms with Gasteiger partial charge in [-0.1, -0.05) is 18.2 Å². The summed E-state index contributed by atoms with van der Waals surface area (Å²) in [7, 11) is 3.55. The zero-order valence-electron chi connectivity index (χ0n) is 12.8. The first-order valence-corrected chi connectivity index (χ1v) is 6.97. The average Bonchev–Trinajstić information content (AvgIpc) is 2.50. The van der Waals surface area contributed by atoms with Crippen molar-refractivity contribution in [1.82, 2.24) is 10.2 Å². The lowest BCUT2D eigenvalue weighted by Gasteiger charge is -2.14. The van der Waals surface area contributed by atoms with Gasteiger partial charge in [0, 0.05) is 26.2 Å². The fourth-order valence-electron chi connectivity index (χ4n) is 1.72. The normalized spacial score (nSPS) is 12.5. The van der Waals surface area contributed by atoms with Crippen molar-refractivity contribution in [1.29, 1.82) is 0 Å². The number of carbonyl (C=O) groups excluding carboxylic acids is 1. The summed E-state index contributed by atoms with van der Waals surface area (Å²) >= 11 is 0. The molecule has 1 aromatic rings. The third kappa shape index (κ3) is 5.82.